The summed E-state index contributed by atoms with van der Waals surface area (Å²) in [5.74, 6) is -1.26. The molecule has 24 heavy (non-hydrogen) atoms. The van der Waals surface area contributed by atoms with Gasteiger partial charge in [-0.05, 0) is 61.1 Å². The van der Waals surface area contributed by atoms with Crippen LogP contribution in [-0.4, -0.2) is 15.5 Å². The second kappa shape index (κ2) is 6.37. The topological polar surface area (TPSA) is 49.8 Å². The summed E-state index contributed by atoms with van der Waals surface area (Å²) in [5.41, 5.74) is 1.60. The van der Waals surface area contributed by atoms with Crippen LogP contribution in [0.3, 0.4) is 0 Å². The van der Waals surface area contributed by atoms with Crippen LogP contribution < -0.4 is 5.32 Å². The monoisotopic (exact) mass is 345 g/mol. The molecule has 0 fully saturated rings. The highest BCUT2D eigenvalue weighted by Gasteiger charge is 2.15. The molecule has 0 aliphatic carbocycles. The Bertz CT molecular complexity index is 961. The lowest BCUT2D eigenvalue weighted by Crippen LogP contribution is -2.16. The van der Waals surface area contributed by atoms with Gasteiger partial charge in [0.2, 0.25) is 0 Å². The normalized spacial score (nSPS) is 10.6. The quantitative estimate of drug-likeness (QED) is 0.693. The van der Waals surface area contributed by atoms with Gasteiger partial charge in [0.15, 0.2) is 4.77 Å². The van der Waals surface area contributed by atoms with Crippen molar-refractivity contribution in [3.63, 3.8) is 0 Å². The van der Waals surface area contributed by atoms with Gasteiger partial charge in [-0.3, -0.25) is 9.36 Å². The molecule has 4 nitrogen and oxygen atoms in total. The number of rotatable bonds is 3. The number of aryl methyl sites for hydroxylation is 1. The highest BCUT2D eigenvalue weighted by atomic mass is 32.1. The third kappa shape index (κ3) is 3.11. The molecule has 1 aromatic heterocycles. The third-order valence-electron chi connectivity index (χ3n) is 3.52. The first kappa shape index (κ1) is 16.1. The van der Waals surface area contributed by atoms with Crippen LogP contribution in [0.5, 0.6) is 0 Å². The molecule has 2 aromatic carbocycles. The van der Waals surface area contributed by atoms with Crippen LogP contribution in [0, 0.1) is 23.3 Å². The summed E-state index contributed by atoms with van der Waals surface area (Å²) < 4.78 is 28.5. The Labute approximate surface area is 141 Å². The van der Waals surface area contributed by atoms with Gasteiger partial charge in [0.25, 0.3) is 5.91 Å². The number of aromatic nitrogens is 2. The van der Waals surface area contributed by atoms with Crippen molar-refractivity contribution < 1.29 is 13.6 Å². The molecule has 0 aliphatic rings. The molecule has 0 atom stereocenters. The second-order valence-electron chi connectivity index (χ2n) is 5.21. The highest BCUT2D eigenvalue weighted by molar-refractivity contribution is 7.71. The fourth-order valence-electron chi connectivity index (χ4n) is 2.25. The first-order valence-corrected chi connectivity index (χ1v) is 7.50. The average Bonchev–Trinajstić information content (AvgIpc) is 2.93. The van der Waals surface area contributed by atoms with E-state index in [0.717, 1.165) is 0 Å². The zero-order valence-electron chi connectivity index (χ0n) is 12.6. The van der Waals surface area contributed by atoms with Gasteiger partial charge in [0, 0.05) is 17.6 Å². The van der Waals surface area contributed by atoms with E-state index in [9.17, 15) is 13.6 Å². The van der Waals surface area contributed by atoms with Crippen molar-refractivity contribution in [3.05, 3.63) is 76.3 Å². The van der Waals surface area contributed by atoms with E-state index in [2.05, 4.69) is 10.3 Å². The minimum Gasteiger partial charge on any atom is -0.336 e. The molecule has 0 aliphatic heterocycles. The van der Waals surface area contributed by atoms with Crippen molar-refractivity contribution >= 4 is 23.8 Å². The maximum Gasteiger partial charge on any atom is 0.274 e. The summed E-state index contributed by atoms with van der Waals surface area (Å²) in [4.78, 5) is 15.3. The lowest BCUT2D eigenvalue weighted by Gasteiger charge is -2.09. The van der Waals surface area contributed by atoms with Crippen LogP contribution in [0.4, 0.5) is 14.5 Å². The Hall–Kier alpha value is -2.80. The van der Waals surface area contributed by atoms with E-state index in [-0.39, 0.29) is 11.5 Å². The van der Waals surface area contributed by atoms with E-state index in [0.29, 0.717) is 21.7 Å². The van der Waals surface area contributed by atoms with E-state index >= 15 is 0 Å². The Morgan fingerprint density at radius 1 is 1.17 bits per heavy atom. The molecule has 0 unspecified atom stereocenters. The molecular formula is C17H13F2N3OS. The Kier molecular flexibility index (Phi) is 4.26. The largest absolute Gasteiger partial charge is 0.336 e. The van der Waals surface area contributed by atoms with Crippen molar-refractivity contribution in [1.82, 2.24) is 9.55 Å². The van der Waals surface area contributed by atoms with Crippen molar-refractivity contribution in [3.8, 4) is 5.69 Å². The number of hydrogen-bond acceptors (Lipinski definition) is 2. The minimum atomic E-state index is -0.463. The van der Waals surface area contributed by atoms with Crippen LogP contribution in [0.15, 0.2) is 48.7 Å². The molecule has 122 valence electrons. The molecule has 0 bridgehead atoms. The fourth-order valence-corrected chi connectivity index (χ4v) is 2.51. The predicted octanol–water partition coefficient (Wildman–Crippen LogP) is 4.37. The second-order valence-corrected chi connectivity index (χ2v) is 5.60. The van der Waals surface area contributed by atoms with Crippen molar-refractivity contribution in [1.29, 1.82) is 0 Å². The standard InChI is InChI=1S/C17H13F2N3OS/c1-10-2-5-12(8-14(10)19)21-16(23)15-9-20-17(24)22(15)13-6-3-11(18)4-7-13/h2-9H,1H3,(H,20,24)(H,21,23). The summed E-state index contributed by atoms with van der Waals surface area (Å²) in [6.45, 7) is 1.64. The van der Waals surface area contributed by atoms with Gasteiger partial charge in [0.05, 0.1) is 0 Å². The van der Waals surface area contributed by atoms with Gasteiger partial charge in [-0.2, -0.15) is 0 Å². The maximum atomic E-state index is 13.6. The maximum absolute atomic E-state index is 13.6. The molecule has 7 heteroatoms. The number of carbonyl (C=O) groups excluding carboxylic acids is 1. The Morgan fingerprint density at radius 3 is 2.54 bits per heavy atom. The number of hydrogen-bond donors (Lipinski definition) is 2. The zero-order chi connectivity index (χ0) is 17.3. The summed E-state index contributed by atoms with van der Waals surface area (Å²) >= 11 is 5.18. The molecule has 0 saturated heterocycles. The molecule has 2 N–H and O–H groups in total. The molecule has 0 saturated carbocycles. The van der Waals surface area contributed by atoms with Crippen LogP contribution in [0.25, 0.3) is 5.69 Å². The van der Waals surface area contributed by atoms with Crippen LogP contribution in [-0.2, 0) is 0 Å². The van der Waals surface area contributed by atoms with E-state index < -0.39 is 11.7 Å². The number of nitrogens with zero attached hydrogens (tertiary/aromatic N) is 1. The number of amides is 1. The number of H-pyrrole nitrogens is 1. The molecule has 1 amide bonds. The van der Waals surface area contributed by atoms with E-state index in [1.54, 1.807) is 19.1 Å². The number of carbonyl (C=O) groups is 1. The van der Waals surface area contributed by atoms with E-state index in [1.165, 1.54) is 41.1 Å². The fraction of sp³-hybridized carbons (Fsp3) is 0.0588. The highest BCUT2D eigenvalue weighted by Crippen LogP contribution is 2.17. The third-order valence-corrected chi connectivity index (χ3v) is 3.82. The molecule has 0 spiro atoms. The molecule has 0 radical (unpaired) electrons. The molecule has 1 heterocycles. The number of aromatic amines is 1. The van der Waals surface area contributed by atoms with Crippen LogP contribution in [0.1, 0.15) is 16.1 Å². The van der Waals surface area contributed by atoms with E-state index in [4.69, 9.17) is 12.2 Å². The van der Waals surface area contributed by atoms with Gasteiger partial charge >= 0.3 is 0 Å². The molecule has 3 aromatic rings. The first-order chi connectivity index (χ1) is 11.5. The lowest BCUT2D eigenvalue weighted by atomic mass is 10.2. The Morgan fingerprint density at radius 2 is 1.88 bits per heavy atom. The molecular weight excluding hydrogens is 332 g/mol. The number of imidazole rings is 1. The Balaban J connectivity index is 1.95. The number of nitrogens with one attached hydrogen (secondary N) is 2. The number of halogens is 2. The summed E-state index contributed by atoms with van der Waals surface area (Å²) in [6, 6.07) is 10.0. The summed E-state index contributed by atoms with van der Waals surface area (Å²) in [6.07, 6.45) is 1.45. The van der Waals surface area contributed by atoms with Gasteiger partial charge in [-0.15, -0.1) is 0 Å². The SMILES string of the molecule is Cc1ccc(NC(=O)c2c[nH]c(=S)n2-c2ccc(F)cc2)cc1F. The molecule has 3 rings (SSSR count). The van der Waals surface area contributed by atoms with Crippen molar-refractivity contribution in [2.24, 2.45) is 0 Å². The number of anilines is 1. The lowest BCUT2D eigenvalue weighted by molar-refractivity contribution is 0.102. The van der Waals surface area contributed by atoms with Crippen molar-refractivity contribution in [2.45, 2.75) is 6.92 Å². The average molecular weight is 345 g/mol. The summed E-state index contributed by atoms with van der Waals surface area (Å²) in [5, 5.41) is 2.62. The summed E-state index contributed by atoms with van der Waals surface area (Å²) in [7, 11) is 0. The minimum absolute atomic E-state index is 0.229. The predicted molar refractivity (Wildman–Crippen MR) is 90.0 cm³/mol. The van der Waals surface area contributed by atoms with E-state index in [1.807, 2.05) is 0 Å². The smallest absolute Gasteiger partial charge is 0.274 e. The van der Waals surface area contributed by atoms with Gasteiger partial charge in [-0.25, -0.2) is 8.78 Å². The van der Waals surface area contributed by atoms with Gasteiger partial charge in [-0.1, -0.05) is 6.07 Å². The van der Waals surface area contributed by atoms with Crippen molar-refractivity contribution in [2.75, 3.05) is 5.32 Å². The number of benzene rings is 2. The zero-order valence-corrected chi connectivity index (χ0v) is 13.5. The van der Waals surface area contributed by atoms with Gasteiger partial charge < -0.3 is 10.3 Å². The van der Waals surface area contributed by atoms with Crippen LogP contribution >= 0.6 is 12.2 Å². The first-order valence-electron chi connectivity index (χ1n) is 7.09. The van der Waals surface area contributed by atoms with Gasteiger partial charge in [0.1, 0.15) is 17.3 Å². The van der Waals surface area contributed by atoms with Crippen LogP contribution in [0.2, 0.25) is 0 Å².